The largest absolute Gasteiger partial charge is 0.349 e. The third kappa shape index (κ3) is 4.59. The van der Waals surface area contributed by atoms with E-state index in [1.165, 1.54) is 12.8 Å². The summed E-state index contributed by atoms with van der Waals surface area (Å²) in [6, 6.07) is 8.74. The maximum absolute atomic E-state index is 12.2. The van der Waals surface area contributed by atoms with Gasteiger partial charge in [-0.1, -0.05) is 12.8 Å². The highest BCUT2D eigenvalue weighted by Gasteiger charge is 2.17. The van der Waals surface area contributed by atoms with Crippen molar-refractivity contribution in [2.24, 2.45) is 7.05 Å². The van der Waals surface area contributed by atoms with Gasteiger partial charge in [0.05, 0.1) is 12.2 Å². The Bertz CT molecular complexity index is 732. The molecule has 3 amide bonds. The van der Waals surface area contributed by atoms with Crippen LogP contribution in [0.5, 0.6) is 0 Å². The fourth-order valence-electron chi connectivity index (χ4n) is 2.96. The number of benzene rings is 1. The summed E-state index contributed by atoms with van der Waals surface area (Å²) in [5.41, 5.74) is 2.15. The van der Waals surface area contributed by atoms with Crippen LogP contribution in [0.4, 0.5) is 10.5 Å². The van der Waals surface area contributed by atoms with Crippen LogP contribution < -0.4 is 16.0 Å². The number of rotatable bonds is 5. The zero-order valence-electron chi connectivity index (χ0n) is 14.3. The highest BCUT2D eigenvalue weighted by Crippen LogP contribution is 2.18. The maximum atomic E-state index is 12.2. The molecule has 25 heavy (non-hydrogen) atoms. The predicted octanol–water partition coefficient (Wildman–Crippen LogP) is 2.41. The molecule has 0 atom stereocenters. The molecule has 0 unspecified atom stereocenters. The zero-order valence-corrected chi connectivity index (χ0v) is 14.3. The molecule has 1 aromatic heterocycles. The van der Waals surface area contributed by atoms with Crippen LogP contribution in [0, 0.1) is 0 Å². The Kier molecular flexibility index (Phi) is 5.33. The monoisotopic (exact) mass is 341 g/mol. The smallest absolute Gasteiger partial charge is 0.319 e. The topological polar surface area (TPSA) is 88.1 Å². The minimum atomic E-state index is -0.302. The number of aromatic nitrogens is 2. The standard InChI is InChI=1S/C18H23N5O2/c1-23-16(10-11-20-23)12-19-18(25)22-15-8-6-13(7-9-15)17(24)21-14-4-2-3-5-14/h6-11,14H,2-5,12H2,1H3,(H,21,24)(H2,19,22,25). The van der Waals surface area contributed by atoms with Crippen molar-refractivity contribution in [3.05, 3.63) is 47.8 Å². The van der Waals surface area contributed by atoms with Gasteiger partial charge >= 0.3 is 6.03 Å². The molecule has 0 bridgehead atoms. The predicted molar refractivity (Wildman–Crippen MR) is 95.2 cm³/mol. The van der Waals surface area contributed by atoms with Crippen LogP contribution >= 0.6 is 0 Å². The van der Waals surface area contributed by atoms with E-state index < -0.39 is 0 Å². The first-order chi connectivity index (χ1) is 12.1. The summed E-state index contributed by atoms with van der Waals surface area (Å²) < 4.78 is 1.71. The highest BCUT2D eigenvalue weighted by molar-refractivity contribution is 5.95. The molecule has 7 nitrogen and oxygen atoms in total. The normalized spacial score (nSPS) is 14.3. The highest BCUT2D eigenvalue weighted by atomic mass is 16.2. The van der Waals surface area contributed by atoms with Crippen molar-refractivity contribution >= 4 is 17.6 Å². The molecule has 1 fully saturated rings. The van der Waals surface area contributed by atoms with Crippen molar-refractivity contribution in [3.8, 4) is 0 Å². The number of nitrogens with one attached hydrogen (secondary N) is 3. The molecule has 0 spiro atoms. The van der Waals surface area contributed by atoms with Crippen LogP contribution in [0.1, 0.15) is 41.7 Å². The van der Waals surface area contributed by atoms with Crippen molar-refractivity contribution in [1.29, 1.82) is 0 Å². The number of carbonyl (C=O) groups excluding carboxylic acids is 2. The summed E-state index contributed by atoms with van der Waals surface area (Å²) >= 11 is 0. The SMILES string of the molecule is Cn1nccc1CNC(=O)Nc1ccc(C(=O)NC2CCCC2)cc1. The molecular weight excluding hydrogens is 318 g/mol. The van der Waals surface area contributed by atoms with E-state index in [1.807, 2.05) is 13.1 Å². The minimum absolute atomic E-state index is 0.0564. The lowest BCUT2D eigenvalue weighted by atomic mass is 10.1. The Hall–Kier alpha value is -2.83. The number of urea groups is 1. The van der Waals surface area contributed by atoms with E-state index >= 15 is 0 Å². The first kappa shape index (κ1) is 17.0. The molecule has 1 aliphatic carbocycles. The summed E-state index contributed by atoms with van der Waals surface area (Å²) in [5.74, 6) is -0.0564. The minimum Gasteiger partial charge on any atom is -0.349 e. The summed E-state index contributed by atoms with van der Waals surface area (Å²) in [7, 11) is 1.82. The van der Waals surface area contributed by atoms with E-state index in [0.29, 0.717) is 23.8 Å². The van der Waals surface area contributed by atoms with E-state index in [2.05, 4.69) is 21.0 Å². The number of aryl methyl sites for hydroxylation is 1. The van der Waals surface area contributed by atoms with Gasteiger partial charge in [0.25, 0.3) is 5.91 Å². The third-order valence-electron chi connectivity index (χ3n) is 4.45. The van der Waals surface area contributed by atoms with E-state index in [-0.39, 0.29) is 11.9 Å². The van der Waals surface area contributed by atoms with Crippen LogP contribution in [0.2, 0.25) is 0 Å². The zero-order chi connectivity index (χ0) is 17.6. The molecule has 0 aliphatic heterocycles. The van der Waals surface area contributed by atoms with E-state index in [0.717, 1.165) is 18.5 Å². The van der Waals surface area contributed by atoms with Crippen LogP contribution in [0.25, 0.3) is 0 Å². The lowest BCUT2D eigenvalue weighted by molar-refractivity contribution is 0.0938. The summed E-state index contributed by atoms with van der Waals surface area (Å²) in [6.45, 7) is 0.393. The van der Waals surface area contributed by atoms with Crippen molar-refractivity contribution < 1.29 is 9.59 Å². The summed E-state index contributed by atoms with van der Waals surface area (Å²) in [6.07, 6.45) is 6.16. The van der Waals surface area contributed by atoms with Gasteiger partial charge < -0.3 is 16.0 Å². The molecule has 7 heteroatoms. The van der Waals surface area contributed by atoms with Gasteiger partial charge in [-0.05, 0) is 43.2 Å². The molecule has 132 valence electrons. The maximum Gasteiger partial charge on any atom is 0.319 e. The Morgan fingerprint density at radius 1 is 1.16 bits per heavy atom. The number of nitrogens with zero attached hydrogens (tertiary/aromatic N) is 2. The lowest BCUT2D eigenvalue weighted by Crippen LogP contribution is -2.32. The molecular formula is C18H23N5O2. The van der Waals surface area contributed by atoms with Crippen molar-refractivity contribution in [2.75, 3.05) is 5.32 Å². The molecule has 3 N–H and O–H groups in total. The van der Waals surface area contributed by atoms with Crippen LogP contribution in [-0.2, 0) is 13.6 Å². The Morgan fingerprint density at radius 3 is 2.52 bits per heavy atom. The molecule has 3 rings (SSSR count). The first-order valence-corrected chi connectivity index (χ1v) is 8.54. The number of hydrogen-bond donors (Lipinski definition) is 3. The fourth-order valence-corrected chi connectivity index (χ4v) is 2.96. The van der Waals surface area contributed by atoms with Gasteiger partial charge in [0.1, 0.15) is 0 Å². The third-order valence-corrected chi connectivity index (χ3v) is 4.45. The Labute approximate surface area is 146 Å². The van der Waals surface area contributed by atoms with Gasteiger partial charge in [-0.15, -0.1) is 0 Å². The number of carbonyl (C=O) groups is 2. The molecule has 1 aliphatic rings. The second-order valence-corrected chi connectivity index (χ2v) is 6.29. The van der Waals surface area contributed by atoms with Crippen molar-refractivity contribution in [3.63, 3.8) is 0 Å². The molecule has 2 aromatic rings. The molecule has 0 radical (unpaired) electrons. The number of amides is 3. The molecule has 0 saturated heterocycles. The Morgan fingerprint density at radius 2 is 1.88 bits per heavy atom. The second kappa shape index (κ2) is 7.83. The van der Waals surface area contributed by atoms with Gasteiger partial charge in [-0.2, -0.15) is 5.10 Å². The van der Waals surface area contributed by atoms with Gasteiger partial charge in [0, 0.05) is 30.5 Å². The molecule has 1 heterocycles. The van der Waals surface area contributed by atoms with Gasteiger partial charge in [-0.25, -0.2) is 4.79 Å². The van der Waals surface area contributed by atoms with Gasteiger partial charge in [0.15, 0.2) is 0 Å². The van der Waals surface area contributed by atoms with E-state index in [4.69, 9.17) is 0 Å². The second-order valence-electron chi connectivity index (χ2n) is 6.29. The molecule has 1 saturated carbocycles. The first-order valence-electron chi connectivity index (χ1n) is 8.54. The van der Waals surface area contributed by atoms with Gasteiger partial charge in [-0.3, -0.25) is 9.48 Å². The number of hydrogen-bond acceptors (Lipinski definition) is 3. The quantitative estimate of drug-likeness (QED) is 0.780. The van der Waals surface area contributed by atoms with Gasteiger partial charge in [0.2, 0.25) is 0 Å². The van der Waals surface area contributed by atoms with Crippen LogP contribution in [0.3, 0.4) is 0 Å². The van der Waals surface area contributed by atoms with Crippen LogP contribution in [-0.4, -0.2) is 27.8 Å². The average Bonchev–Trinajstić information content (AvgIpc) is 3.25. The van der Waals surface area contributed by atoms with Crippen molar-refractivity contribution in [1.82, 2.24) is 20.4 Å². The Balaban J connectivity index is 1.49. The van der Waals surface area contributed by atoms with Crippen LogP contribution in [0.15, 0.2) is 36.5 Å². The van der Waals surface area contributed by atoms with Crippen molar-refractivity contribution in [2.45, 2.75) is 38.3 Å². The number of anilines is 1. The van der Waals surface area contributed by atoms with E-state index in [1.54, 1.807) is 35.1 Å². The molecule has 1 aromatic carbocycles. The summed E-state index contributed by atoms with van der Waals surface area (Å²) in [4.78, 5) is 24.1. The van der Waals surface area contributed by atoms with E-state index in [9.17, 15) is 9.59 Å². The summed E-state index contributed by atoms with van der Waals surface area (Å²) in [5, 5.41) is 12.6. The lowest BCUT2D eigenvalue weighted by Gasteiger charge is -2.12. The fraction of sp³-hybridized carbons (Fsp3) is 0.389. The average molecular weight is 341 g/mol.